The Hall–Kier alpha value is -4.03. The fourth-order valence-electron chi connectivity index (χ4n) is 4.21. The summed E-state index contributed by atoms with van der Waals surface area (Å²) in [7, 11) is -4.14. The largest absolute Gasteiger partial charge is 0.373 e. The van der Waals surface area contributed by atoms with Gasteiger partial charge in [0.05, 0.1) is 22.5 Å². The molecule has 0 spiro atoms. The molecule has 12 heteroatoms. The van der Waals surface area contributed by atoms with Gasteiger partial charge in [0.1, 0.15) is 5.25 Å². The van der Waals surface area contributed by atoms with E-state index < -0.39 is 32.0 Å². The van der Waals surface area contributed by atoms with E-state index in [0.29, 0.717) is 25.3 Å². The predicted octanol–water partition coefficient (Wildman–Crippen LogP) is 1.84. The summed E-state index contributed by atoms with van der Waals surface area (Å²) < 4.78 is 33.1. The molecule has 4 rings (SSSR count). The Kier molecular flexibility index (Phi) is 7.69. The number of amides is 1. The van der Waals surface area contributed by atoms with Gasteiger partial charge in [-0.05, 0) is 34.9 Å². The fourth-order valence-corrected chi connectivity index (χ4v) is 5.86. The lowest BCUT2D eigenvalue weighted by Crippen LogP contribution is -2.52. The molecule has 11 nitrogen and oxygen atoms in total. The monoisotopic (exact) mass is 525 g/mol. The van der Waals surface area contributed by atoms with Crippen LogP contribution in [0.2, 0.25) is 0 Å². The summed E-state index contributed by atoms with van der Waals surface area (Å²) in [5, 5.41) is 21.4. The highest BCUT2D eigenvalue weighted by atomic mass is 32.2. The number of nitrogens with one attached hydrogen (secondary N) is 2. The van der Waals surface area contributed by atoms with Crippen molar-refractivity contribution < 1.29 is 22.9 Å². The molecule has 1 saturated heterocycles. The third kappa shape index (κ3) is 6.04. The summed E-state index contributed by atoms with van der Waals surface area (Å²) in [6.45, 7) is 1.10. The molecule has 1 fully saturated rings. The van der Waals surface area contributed by atoms with Crippen molar-refractivity contribution in [3.05, 3.63) is 82.4 Å². The second-order valence-corrected chi connectivity index (χ2v) is 10.9. The number of nitrogens with two attached hydrogens (primary N) is 1. The van der Waals surface area contributed by atoms with Gasteiger partial charge in [0.15, 0.2) is 15.8 Å². The molecule has 0 radical (unpaired) electrons. The highest BCUT2D eigenvalue weighted by Gasteiger charge is 2.35. The normalized spacial score (nSPS) is 16.8. The lowest BCUT2D eigenvalue weighted by molar-refractivity contribution is -0.384. The van der Waals surface area contributed by atoms with Crippen LogP contribution >= 0.6 is 0 Å². The maximum atomic E-state index is 13.7. The van der Waals surface area contributed by atoms with Crippen molar-refractivity contribution in [3.8, 4) is 0 Å². The molecule has 2 atom stereocenters. The number of carbonyl (C=O) groups excluding carboxylic acids is 1. The molecular weight excluding hydrogens is 498 g/mol. The van der Waals surface area contributed by atoms with E-state index in [1.807, 2.05) is 12.1 Å². The van der Waals surface area contributed by atoms with Gasteiger partial charge in [-0.1, -0.05) is 42.5 Å². The first-order valence-electron chi connectivity index (χ1n) is 11.6. The molecule has 0 unspecified atom stereocenters. The summed E-state index contributed by atoms with van der Waals surface area (Å²) in [6.07, 6.45) is -0.644. The average molecular weight is 526 g/mol. The molecule has 3 aromatic carbocycles. The molecule has 194 valence electrons. The molecule has 0 bridgehead atoms. The van der Waals surface area contributed by atoms with Gasteiger partial charge in [-0.2, -0.15) is 0 Å². The Bertz CT molecular complexity index is 1430. The zero-order chi connectivity index (χ0) is 26.6. The summed E-state index contributed by atoms with van der Waals surface area (Å²) >= 11 is 0. The predicted molar refractivity (Wildman–Crippen MR) is 138 cm³/mol. The zero-order valence-corrected chi connectivity index (χ0v) is 20.7. The lowest BCUT2D eigenvalue weighted by atomic mass is 10.1. The van der Waals surface area contributed by atoms with Gasteiger partial charge in [-0.3, -0.25) is 20.3 Å². The van der Waals surface area contributed by atoms with Crippen molar-refractivity contribution in [3.63, 3.8) is 0 Å². The summed E-state index contributed by atoms with van der Waals surface area (Å²) in [5.41, 5.74) is 5.89. The lowest BCUT2D eigenvalue weighted by Gasteiger charge is -2.33. The average Bonchev–Trinajstić information content (AvgIpc) is 2.90. The Morgan fingerprint density at radius 1 is 1.16 bits per heavy atom. The SMILES string of the molecule is N=C(N)N1CCO[C@H](CNC(=O)[C@@H](Cc2ccc([N+](=O)[O-])cc2)S(=O)(=O)c2ccc3ccccc3c2)C1. The maximum Gasteiger partial charge on any atom is 0.269 e. The maximum absolute atomic E-state index is 13.7. The van der Waals surface area contributed by atoms with Gasteiger partial charge >= 0.3 is 0 Å². The van der Waals surface area contributed by atoms with Crippen molar-refractivity contribution >= 4 is 38.2 Å². The van der Waals surface area contributed by atoms with Crippen LogP contribution in [0.1, 0.15) is 5.56 Å². The third-order valence-electron chi connectivity index (χ3n) is 6.27. The minimum Gasteiger partial charge on any atom is -0.373 e. The molecule has 3 aromatic rings. The second kappa shape index (κ2) is 10.9. The molecule has 1 aliphatic rings. The van der Waals surface area contributed by atoms with Crippen LogP contribution in [0.5, 0.6) is 0 Å². The number of carbonyl (C=O) groups is 1. The van der Waals surface area contributed by atoms with E-state index >= 15 is 0 Å². The Balaban J connectivity index is 1.60. The van der Waals surface area contributed by atoms with E-state index in [2.05, 4.69) is 5.32 Å². The van der Waals surface area contributed by atoms with Crippen LogP contribution in [0.15, 0.2) is 71.6 Å². The number of fused-ring (bicyclic) bond motifs is 1. The fraction of sp³-hybridized carbons (Fsp3) is 0.280. The molecule has 1 aliphatic heterocycles. The summed E-state index contributed by atoms with van der Waals surface area (Å²) in [5.74, 6) is -0.815. The van der Waals surface area contributed by atoms with Crippen molar-refractivity contribution in [2.24, 2.45) is 5.73 Å². The minimum absolute atomic E-state index is 0.00457. The number of rotatable bonds is 8. The quantitative estimate of drug-likeness (QED) is 0.173. The van der Waals surface area contributed by atoms with E-state index in [4.69, 9.17) is 15.9 Å². The van der Waals surface area contributed by atoms with Gasteiger partial charge in [-0.15, -0.1) is 0 Å². The number of morpholine rings is 1. The number of non-ortho nitro benzene ring substituents is 1. The smallest absolute Gasteiger partial charge is 0.269 e. The van der Waals surface area contributed by atoms with E-state index in [0.717, 1.165) is 10.8 Å². The molecular formula is C25H27N5O6S. The molecule has 1 amide bonds. The number of hydrogen-bond donors (Lipinski definition) is 3. The third-order valence-corrected chi connectivity index (χ3v) is 8.31. The van der Waals surface area contributed by atoms with Crippen LogP contribution in [0.25, 0.3) is 10.8 Å². The number of benzene rings is 3. The number of guanidine groups is 1. The number of nitro benzene ring substituents is 1. The van der Waals surface area contributed by atoms with Crippen molar-refractivity contribution in [1.29, 1.82) is 5.41 Å². The number of nitro groups is 1. The van der Waals surface area contributed by atoms with Crippen LogP contribution in [0.3, 0.4) is 0 Å². The van der Waals surface area contributed by atoms with E-state index in [9.17, 15) is 23.3 Å². The van der Waals surface area contributed by atoms with Gasteiger partial charge in [0, 0.05) is 31.8 Å². The number of sulfone groups is 1. The van der Waals surface area contributed by atoms with Crippen LogP contribution in [0, 0.1) is 15.5 Å². The summed E-state index contributed by atoms with van der Waals surface area (Å²) in [4.78, 5) is 25.4. The van der Waals surface area contributed by atoms with Crippen LogP contribution in [-0.4, -0.2) is 67.7 Å². The highest BCUT2D eigenvalue weighted by Crippen LogP contribution is 2.25. The number of ether oxygens (including phenoxy) is 1. The standard InChI is InChI=1S/C25H27N5O6S/c26-25(27)29-11-12-36-21(16-29)15-28-24(31)23(13-17-5-8-20(9-6-17)30(32)33)37(34,35)22-10-7-18-3-1-2-4-19(18)14-22/h1-10,14,21,23H,11-13,15-16H2,(H3,26,27)(H,28,31)/t21-,23-/m1/s1. The minimum atomic E-state index is -4.14. The zero-order valence-electron chi connectivity index (χ0n) is 19.9. The van der Waals surface area contributed by atoms with E-state index in [1.54, 1.807) is 23.1 Å². The second-order valence-electron chi connectivity index (χ2n) is 8.74. The van der Waals surface area contributed by atoms with Crippen LogP contribution in [-0.2, 0) is 25.8 Å². The van der Waals surface area contributed by atoms with Crippen molar-refractivity contribution in [2.75, 3.05) is 26.2 Å². The molecule has 1 heterocycles. The van der Waals surface area contributed by atoms with Gasteiger partial charge in [-0.25, -0.2) is 8.42 Å². The first-order valence-corrected chi connectivity index (χ1v) is 13.1. The Morgan fingerprint density at radius 2 is 1.86 bits per heavy atom. The van der Waals surface area contributed by atoms with Gasteiger partial charge in [0.2, 0.25) is 5.91 Å². The van der Waals surface area contributed by atoms with E-state index in [-0.39, 0.29) is 29.5 Å². The first-order chi connectivity index (χ1) is 17.6. The Labute approximate surface area is 213 Å². The number of nitrogens with zero attached hydrogens (tertiary/aromatic N) is 2. The van der Waals surface area contributed by atoms with Gasteiger partial charge in [0.25, 0.3) is 5.69 Å². The molecule has 37 heavy (non-hydrogen) atoms. The van der Waals surface area contributed by atoms with Gasteiger partial charge < -0.3 is 20.7 Å². The first kappa shape index (κ1) is 26.0. The number of hydrogen-bond acceptors (Lipinski definition) is 7. The molecule has 0 saturated carbocycles. The molecule has 4 N–H and O–H groups in total. The highest BCUT2D eigenvalue weighted by molar-refractivity contribution is 7.92. The van der Waals surface area contributed by atoms with Crippen LogP contribution in [0.4, 0.5) is 5.69 Å². The van der Waals surface area contributed by atoms with Crippen LogP contribution < -0.4 is 11.1 Å². The topological polar surface area (TPSA) is 169 Å². The summed E-state index contributed by atoms with van der Waals surface area (Å²) in [6, 6.07) is 17.5. The molecule has 0 aromatic heterocycles. The van der Waals surface area contributed by atoms with Crippen molar-refractivity contribution in [1.82, 2.24) is 10.2 Å². The Morgan fingerprint density at radius 3 is 2.54 bits per heavy atom. The van der Waals surface area contributed by atoms with E-state index in [1.165, 1.54) is 36.4 Å². The van der Waals surface area contributed by atoms with Crippen molar-refractivity contribution in [2.45, 2.75) is 22.7 Å². The molecule has 0 aliphatic carbocycles.